The molecule has 0 atom stereocenters. The summed E-state index contributed by atoms with van der Waals surface area (Å²) in [5.41, 5.74) is 2.14. The van der Waals surface area contributed by atoms with Gasteiger partial charge in [0.05, 0.1) is 12.1 Å². The molecule has 0 saturated heterocycles. The summed E-state index contributed by atoms with van der Waals surface area (Å²) in [6.45, 7) is 0.484. The summed E-state index contributed by atoms with van der Waals surface area (Å²) >= 11 is 4.73. The van der Waals surface area contributed by atoms with Crippen molar-refractivity contribution >= 4 is 33.2 Å². The molecule has 2 aromatic heterocycles. The number of halogens is 1. The molecule has 0 aliphatic heterocycles. The molecule has 0 spiro atoms. The summed E-state index contributed by atoms with van der Waals surface area (Å²) < 4.78 is 0.651. The van der Waals surface area contributed by atoms with Gasteiger partial charge in [-0.05, 0) is 28.1 Å². The highest BCUT2D eigenvalue weighted by molar-refractivity contribution is 9.10. The van der Waals surface area contributed by atoms with Gasteiger partial charge in [-0.25, -0.2) is 4.98 Å². The van der Waals surface area contributed by atoms with Gasteiger partial charge < -0.3 is 5.32 Å². The summed E-state index contributed by atoms with van der Waals surface area (Å²) in [4.78, 5) is 20.7. The van der Waals surface area contributed by atoms with Crippen molar-refractivity contribution in [3.63, 3.8) is 0 Å². The molecule has 0 bridgehead atoms. The van der Waals surface area contributed by atoms with Crippen LogP contribution < -0.4 is 5.32 Å². The Bertz CT molecular complexity index is 487. The first kappa shape index (κ1) is 11.2. The molecule has 0 fully saturated rings. The second-order valence-corrected chi connectivity index (χ2v) is 4.78. The van der Waals surface area contributed by atoms with Crippen molar-refractivity contribution in [3.05, 3.63) is 45.1 Å². The van der Waals surface area contributed by atoms with E-state index in [9.17, 15) is 4.79 Å². The fourth-order valence-electron chi connectivity index (χ4n) is 1.12. The van der Waals surface area contributed by atoms with Crippen LogP contribution in [0.2, 0.25) is 0 Å². The van der Waals surface area contributed by atoms with Gasteiger partial charge in [0, 0.05) is 11.1 Å². The minimum atomic E-state index is -0.185. The van der Waals surface area contributed by atoms with Gasteiger partial charge in [0.25, 0.3) is 5.91 Å². The van der Waals surface area contributed by atoms with Gasteiger partial charge in [-0.2, -0.15) is 0 Å². The predicted molar refractivity (Wildman–Crippen MR) is 65.2 cm³/mol. The average molecular weight is 298 g/mol. The van der Waals surface area contributed by atoms with Gasteiger partial charge in [0.1, 0.15) is 10.3 Å². The molecule has 0 aliphatic rings. The molecule has 82 valence electrons. The van der Waals surface area contributed by atoms with Crippen LogP contribution in [0, 0.1) is 0 Å². The molecule has 1 amide bonds. The quantitative estimate of drug-likeness (QED) is 0.884. The smallest absolute Gasteiger partial charge is 0.270 e. The van der Waals surface area contributed by atoms with Crippen molar-refractivity contribution in [1.82, 2.24) is 15.3 Å². The van der Waals surface area contributed by atoms with E-state index in [2.05, 4.69) is 31.2 Å². The number of thiazole rings is 1. The Hall–Kier alpha value is -1.27. The van der Waals surface area contributed by atoms with Crippen LogP contribution in [0.1, 0.15) is 15.4 Å². The zero-order valence-corrected chi connectivity index (χ0v) is 10.6. The fourth-order valence-corrected chi connectivity index (χ4v) is 2.00. The Labute approximate surface area is 105 Å². The van der Waals surface area contributed by atoms with Crippen molar-refractivity contribution < 1.29 is 4.79 Å². The molecule has 1 N–H and O–H groups in total. The molecular formula is C10H8BrN3OS. The second kappa shape index (κ2) is 5.18. The minimum absolute atomic E-state index is 0.185. The Morgan fingerprint density at radius 2 is 2.38 bits per heavy atom. The van der Waals surface area contributed by atoms with Gasteiger partial charge in [0.15, 0.2) is 0 Å². The molecule has 2 heterocycles. The maximum absolute atomic E-state index is 11.7. The highest BCUT2D eigenvalue weighted by Gasteiger charge is 2.07. The van der Waals surface area contributed by atoms with Gasteiger partial charge >= 0.3 is 0 Å². The molecule has 2 aromatic rings. The van der Waals surface area contributed by atoms with Gasteiger partial charge in [-0.3, -0.25) is 9.78 Å². The number of hydrogen-bond donors (Lipinski definition) is 1. The van der Waals surface area contributed by atoms with Crippen LogP contribution in [-0.4, -0.2) is 15.9 Å². The molecule has 4 nitrogen and oxygen atoms in total. The predicted octanol–water partition coefficient (Wildman–Crippen LogP) is 2.23. The monoisotopic (exact) mass is 297 g/mol. The lowest BCUT2D eigenvalue weighted by molar-refractivity contribution is 0.0946. The molecule has 0 radical (unpaired) electrons. The highest BCUT2D eigenvalue weighted by Crippen LogP contribution is 2.07. The standard InChI is InChI=1S/C10H8BrN3OS/c11-9-3-1-2-8(14-9)10(15)13-5-7-4-12-6-16-7/h1-4,6H,5H2,(H,13,15). The zero-order chi connectivity index (χ0) is 11.4. The summed E-state index contributed by atoms with van der Waals surface area (Å²) in [5, 5.41) is 2.78. The van der Waals surface area contributed by atoms with Crippen molar-refractivity contribution in [2.24, 2.45) is 0 Å². The molecule has 0 aliphatic carbocycles. The first-order valence-electron chi connectivity index (χ1n) is 4.54. The molecule has 0 aromatic carbocycles. The van der Waals surface area contributed by atoms with Crippen molar-refractivity contribution in [2.75, 3.05) is 0 Å². The van der Waals surface area contributed by atoms with E-state index in [0.717, 1.165) is 4.88 Å². The first-order chi connectivity index (χ1) is 7.75. The van der Waals surface area contributed by atoms with Crippen LogP contribution in [-0.2, 0) is 6.54 Å². The lowest BCUT2D eigenvalue weighted by Crippen LogP contribution is -2.23. The van der Waals surface area contributed by atoms with E-state index in [-0.39, 0.29) is 5.91 Å². The Morgan fingerprint density at radius 1 is 1.50 bits per heavy atom. The summed E-state index contributed by atoms with van der Waals surface area (Å²) in [6.07, 6.45) is 1.74. The second-order valence-electron chi connectivity index (χ2n) is 3.00. The van der Waals surface area contributed by atoms with E-state index >= 15 is 0 Å². The van der Waals surface area contributed by atoms with E-state index < -0.39 is 0 Å². The molecule has 0 saturated carbocycles. The van der Waals surface area contributed by atoms with Crippen LogP contribution in [0.3, 0.4) is 0 Å². The number of carbonyl (C=O) groups excluding carboxylic acids is 1. The first-order valence-corrected chi connectivity index (χ1v) is 6.21. The van der Waals surface area contributed by atoms with Gasteiger partial charge in [0.2, 0.25) is 0 Å². The Balaban J connectivity index is 1.98. The summed E-state index contributed by atoms with van der Waals surface area (Å²) in [6, 6.07) is 5.23. The van der Waals surface area contributed by atoms with Gasteiger partial charge in [-0.1, -0.05) is 6.07 Å². The SMILES string of the molecule is O=C(NCc1cncs1)c1cccc(Br)n1. The molecule has 16 heavy (non-hydrogen) atoms. The van der Waals surface area contributed by atoms with Crippen LogP contribution in [0.15, 0.2) is 34.5 Å². The third kappa shape index (κ3) is 2.86. The lowest BCUT2D eigenvalue weighted by atomic mass is 10.3. The Kier molecular flexibility index (Phi) is 3.63. The summed E-state index contributed by atoms with van der Waals surface area (Å²) in [5.74, 6) is -0.185. The van der Waals surface area contributed by atoms with Crippen molar-refractivity contribution in [1.29, 1.82) is 0 Å². The van der Waals surface area contributed by atoms with E-state index in [0.29, 0.717) is 16.8 Å². The number of aromatic nitrogens is 2. The normalized spacial score (nSPS) is 10.1. The summed E-state index contributed by atoms with van der Waals surface area (Å²) in [7, 11) is 0. The van der Waals surface area contributed by atoms with Gasteiger partial charge in [-0.15, -0.1) is 11.3 Å². The van der Waals surface area contributed by atoms with Crippen molar-refractivity contribution in [2.45, 2.75) is 6.54 Å². The number of pyridine rings is 1. The Morgan fingerprint density at radius 3 is 3.06 bits per heavy atom. The number of amides is 1. The van der Waals surface area contributed by atoms with Crippen LogP contribution >= 0.6 is 27.3 Å². The molecule has 6 heteroatoms. The lowest BCUT2D eigenvalue weighted by Gasteiger charge is -2.02. The third-order valence-corrected chi connectivity index (χ3v) is 3.08. The fraction of sp³-hybridized carbons (Fsp3) is 0.100. The molecule has 0 unspecified atom stereocenters. The van der Waals surface area contributed by atoms with Crippen LogP contribution in [0.5, 0.6) is 0 Å². The molecular weight excluding hydrogens is 290 g/mol. The number of rotatable bonds is 3. The maximum Gasteiger partial charge on any atom is 0.270 e. The largest absolute Gasteiger partial charge is 0.346 e. The third-order valence-electron chi connectivity index (χ3n) is 1.85. The highest BCUT2D eigenvalue weighted by atomic mass is 79.9. The zero-order valence-electron chi connectivity index (χ0n) is 8.18. The topological polar surface area (TPSA) is 54.9 Å². The minimum Gasteiger partial charge on any atom is -0.346 e. The number of nitrogens with zero attached hydrogens (tertiary/aromatic N) is 2. The van der Waals surface area contributed by atoms with Crippen LogP contribution in [0.4, 0.5) is 0 Å². The average Bonchev–Trinajstić information content (AvgIpc) is 2.78. The van der Waals surface area contributed by atoms with E-state index in [1.807, 2.05) is 0 Å². The maximum atomic E-state index is 11.7. The van der Waals surface area contributed by atoms with Crippen LogP contribution in [0.25, 0.3) is 0 Å². The number of nitrogens with one attached hydrogen (secondary N) is 1. The molecule has 2 rings (SSSR count). The number of carbonyl (C=O) groups is 1. The van der Waals surface area contributed by atoms with E-state index in [1.165, 1.54) is 11.3 Å². The van der Waals surface area contributed by atoms with E-state index in [4.69, 9.17) is 0 Å². The van der Waals surface area contributed by atoms with Crippen molar-refractivity contribution in [3.8, 4) is 0 Å². The number of hydrogen-bond acceptors (Lipinski definition) is 4. The van der Waals surface area contributed by atoms with E-state index in [1.54, 1.807) is 29.9 Å².